The Hall–Kier alpha value is -2.84. The van der Waals surface area contributed by atoms with Crippen molar-refractivity contribution in [2.75, 3.05) is 37.0 Å². The Kier molecular flexibility index (Phi) is 6.53. The molecule has 0 bridgehead atoms. The molecule has 1 aliphatic heterocycles. The zero-order valence-corrected chi connectivity index (χ0v) is 19.6. The van der Waals surface area contributed by atoms with Crippen LogP contribution in [0.2, 0.25) is 0 Å². The first kappa shape index (κ1) is 22.4. The van der Waals surface area contributed by atoms with Gasteiger partial charge in [-0.25, -0.2) is 13.7 Å². The molecule has 2 aromatic carbocycles. The van der Waals surface area contributed by atoms with Gasteiger partial charge in [0.1, 0.15) is 17.4 Å². The average Bonchev–Trinajstić information content (AvgIpc) is 2.76. The molecule has 8 heteroatoms. The van der Waals surface area contributed by atoms with Gasteiger partial charge in [0, 0.05) is 47.5 Å². The van der Waals surface area contributed by atoms with E-state index in [0.29, 0.717) is 11.8 Å². The number of methoxy groups -OCH3 is 1. The predicted octanol–water partition coefficient (Wildman–Crippen LogP) is 5.28. The molecular formula is C24H28FN5OS. The van der Waals surface area contributed by atoms with Gasteiger partial charge in [0.15, 0.2) is 0 Å². The number of halogens is 1. The van der Waals surface area contributed by atoms with Crippen LogP contribution >= 0.6 is 11.9 Å². The summed E-state index contributed by atoms with van der Waals surface area (Å²) < 4.78 is 20.9. The summed E-state index contributed by atoms with van der Waals surface area (Å²) in [5, 5.41) is 3.25. The van der Waals surface area contributed by atoms with Crippen LogP contribution in [0.25, 0.3) is 0 Å². The summed E-state index contributed by atoms with van der Waals surface area (Å²) in [5.41, 5.74) is 1.59. The van der Waals surface area contributed by atoms with Crippen molar-refractivity contribution in [1.82, 2.24) is 14.3 Å². The number of benzene rings is 2. The average molecular weight is 454 g/mol. The van der Waals surface area contributed by atoms with Crippen LogP contribution in [0.1, 0.15) is 19.5 Å². The van der Waals surface area contributed by atoms with Gasteiger partial charge in [-0.15, -0.1) is 0 Å². The maximum atomic E-state index is 13.2. The molecule has 0 saturated carbocycles. The Morgan fingerprint density at radius 2 is 1.75 bits per heavy atom. The van der Waals surface area contributed by atoms with Crippen LogP contribution in [0, 0.1) is 12.7 Å². The summed E-state index contributed by atoms with van der Waals surface area (Å²) in [7, 11) is 1.68. The summed E-state index contributed by atoms with van der Waals surface area (Å²) in [6, 6.07) is 16.3. The van der Waals surface area contributed by atoms with Gasteiger partial charge in [0.25, 0.3) is 0 Å². The Bertz CT molecular complexity index is 1060. The number of hydrogen-bond acceptors (Lipinski definition) is 7. The molecule has 0 radical (unpaired) electrons. The normalized spacial score (nSPS) is 16.1. The fraction of sp³-hybridized carbons (Fsp3) is 0.333. The maximum absolute atomic E-state index is 13.2. The third-order valence-electron chi connectivity index (χ3n) is 5.34. The highest BCUT2D eigenvalue weighted by Gasteiger charge is 2.35. The van der Waals surface area contributed by atoms with Crippen LogP contribution < -0.4 is 15.0 Å². The monoisotopic (exact) mass is 453 g/mol. The Labute approximate surface area is 193 Å². The van der Waals surface area contributed by atoms with E-state index in [1.807, 2.05) is 25.1 Å². The first-order valence-corrected chi connectivity index (χ1v) is 11.3. The second kappa shape index (κ2) is 9.34. The van der Waals surface area contributed by atoms with E-state index in [9.17, 15) is 4.39 Å². The molecule has 4 rings (SSSR count). The highest BCUT2D eigenvalue weighted by atomic mass is 32.2. The van der Waals surface area contributed by atoms with Crippen LogP contribution in [0.5, 0.6) is 5.75 Å². The van der Waals surface area contributed by atoms with Crippen LogP contribution in [-0.2, 0) is 0 Å². The van der Waals surface area contributed by atoms with Crippen LogP contribution in [0.4, 0.5) is 21.8 Å². The molecule has 1 N–H and O–H groups in total. The first-order valence-electron chi connectivity index (χ1n) is 10.6. The summed E-state index contributed by atoms with van der Waals surface area (Å²) in [6.45, 7) is 8.94. The number of piperazine rings is 1. The van der Waals surface area contributed by atoms with Crippen molar-refractivity contribution in [2.45, 2.75) is 31.2 Å². The Morgan fingerprint density at radius 1 is 1.03 bits per heavy atom. The molecule has 6 nitrogen and oxygen atoms in total. The molecule has 0 spiro atoms. The summed E-state index contributed by atoms with van der Waals surface area (Å²) in [5.74, 6) is 2.01. The van der Waals surface area contributed by atoms with E-state index >= 15 is 0 Å². The molecule has 0 atom stereocenters. The second-order valence-corrected chi connectivity index (χ2v) is 9.52. The number of ether oxygens (including phenoxy) is 1. The largest absolute Gasteiger partial charge is 0.497 e. The predicted molar refractivity (Wildman–Crippen MR) is 128 cm³/mol. The fourth-order valence-electron chi connectivity index (χ4n) is 3.68. The highest BCUT2D eigenvalue weighted by Crippen LogP contribution is 2.34. The van der Waals surface area contributed by atoms with Crippen LogP contribution in [0.15, 0.2) is 59.5 Å². The molecule has 1 aromatic heterocycles. The molecule has 0 aliphatic carbocycles. The van der Waals surface area contributed by atoms with Crippen molar-refractivity contribution in [3.63, 3.8) is 0 Å². The number of aromatic nitrogens is 2. The van der Waals surface area contributed by atoms with E-state index in [-0.39, 0.29) is 11.4 Å². The van der Waals surface area contributed by atoms with Gasteiger partial charge in [-0.05, 0) is 81.3 Å². The Balaban J connectivity index is 1.46. The fourth-order valence-corrected chi connectivity index (χ4v) is 4.67. The SMILES string of the molecule is COc1ccc(SN2CCN(c3nc(C)cc(Nc4ccc(F)cc4)n3)CC2(C)C)cc1. The summed E-state index contributed by atoms with van der Waals surface area (Å²) >= 11 is 1.76. The van der Waals surface area contributed by atoms with Gasteiger partial charge in [0.05, 0.1) is 7.11 Å². The van der Waals surface area contributed by atoms with Crippen molar-refractivity contribution in [3.05, 3.63) is 66.1 Å². The molecule has 0 amide bonds. The Morgan fingerprint density at radius 3 is 2.41 bits per heavy atom. The van der Waals surface area contributed by atoms with Crippen LogP contribution in [-0.4, -0.2) is 46.6 Å². The third kappa shape index (κ3) is 5.31. The van der Waals surface area contributed by atoms with Crippen molar-refractivity contribution in [1.29, 1.82) is 0 Å². The zero-order valence-electron chi connectivity index (χ0n) is 18.8. The molecular weight excluding hydrogens is 425 g/mol. The van der Waals surface area contributed by atoms with Crippen molar-refractivity contribution >= 4 is 29.4 Å². The minimum atomic E-state index is -0.261. The molecule has 32 heavy (non-hydrogen) atoms. The van der Waals surface area contributed by atoms with Crippen molar-refractivity contribution in [2.24, 2.45) is 0 Å². The summed E-state index contributed by atoms with van der Waals surface area (Å²) in [6.07, 6.45) is 0. The number of nitrogens with one attached hydrogen (secondary N) is 1. The van der Waals surface area contributed by atoms with Crippen LogP contribution in [0.3, 0.4) is 0 Å². The lowest BCUT2D eigenvalue weighted by molar-refractivity contribution is 0.222. The van der Waals surface area contributed by atoms with Gasteiger partial charge in [-0.2, -0.15) is 4.98 Å². The van der Waals surface area contributed by atoms with Gasteiger partial charge in [0.2, 0.25) is 5.95 Å². The molecule has 168 valence electrons. The third-order valence-corrected chi connectivity index (χ3v) is 6.72. The van der Waals surface area contributed by atoms with Gasteiger partial charge >= 0.3 is 0 Å². The molecule has 3 aromatic rings. The standard InChI is InChI=1S/C24H28FN5OS/c1-17-15-22(27-19-7-5-18(25)6-8-19)28-23(26-17)29-13-14-30(24(2,3)16-29)32-21-11-9-20(31-4)10-12-21/h5-12,15H,13-14,16H2,1-4H3,(H,26,27,28). The second-order valence-electron chi connectivity index (χ2n) is 8.43. The first-order chi connectivity index (χ1) is 15.3. The van der Waals surface area contributed by atoms with Gasteiger partial charge < -0.3 is 15.0 Å². The number of hydrogen-bond donors (Lipinski definition) is 1. The number of anilines is 3. The smallest absolute Gasteiger partial charge is 0.227 e. The molecule has 2 heterocycles. The lowest BCUT2D eigenvalue weighted by Crippen LogP contribution is -2.57. The topological polar surface area (TPSA) is 53.5 Å². The number of nitrogens with zero attached hydrogens (tertiary/aromatic N) is 4. The lowest BCUT2D eigenvalue weighted by atomic mass is 10.0. The van der Waals surface area contributed by atoms with Crippen molar-refractivity contribution in [3.8, 4) is 5.75 Å². The van der Waals surface area contributed by atoms with E-state index in [1.165, 1.54) is 17.0 Å². The molecule has 1 fully saturated rings. The van der Waals surface area contributed by atoms with E-state index in [1.54, 1.807) is 31.2 Å². The van der Waals surface area contributed by atoms with E-state index < -0.39 is 0 Å². The van der Waals surface area contributed by atoms with Gasteiger partial charge in [-0.3, -0.25) is 0 Å². The molecule has 1 aliphatic rings. The van der Waals surface area contributed by atoms with E-state index in [4.69, 9.17) is 9.72 Å². The maximum Gasteiger partial charge on any atom is 0.227 e. The summed E-state index contributed by atoms with van der Waals surface area (Å²) in [4.78, 5) is 12.8. The highest BCUT2D eigenvalue weighted by molar-refractivity contribution is 7.97. The van der Waals surface area contributed by atoms with Gasteiger partial charge in [-0.1, -0.05) is 0 Å². The zero-order chi connectivity index (χ0) is 22.7. The lowest BCUT2D eigenvalue weighted by Gasteiger charge is -2.46. The van der Waals surface area contributed by atoms with Crippen molar-refractivity contribution < 1.29 is 9.13 Å². The molecule has 0 unspecified atom stereocenters. The minimum absolute atomic E-state index is 0.0828. The number of rotatable bonds is 6. The number of aryl methyl sites for hydroxylation is 1. The quantitative estimate of drug-likeness (QED) is 0.509. The minimum Gasteiger partial charge on any atom is -0.497 e. The van der Waals surface area contributed by atoms with E-state index in [0.717, 1.165) is 36.8 Å². The molecule has 1 saturated heterocycles. The van der Waals surface area contributed by atoms with E-state index in [2.05, 4.69) is 45.5 Å².